The van der Waals surface area contributed by atoms with Gasteiger partial charge in [0, 0.05) is 5.56 Å². The number of rotatable bonds is 2. The minimum atomic E-state index is -0.918. The quantitative estimate of drug-likeness (QED) is 0.492. The maximum absolute atomic E-state index is 12.8. The molecule has 1 aromatic rings. The van der Waals surface area contributed by atoms with Crippen LogP contribution in [0.4, 0.5) is 8.78 Å². The molecule has 12 heavy (non-hydrogen) atoms. The summed E-state index contributed by atoms with van der Waals surface area (Å²) in [6.07, 6.45) is 1.11. The molecule has 2 nitrogen and oxygen atoms in total. The highest BCUT2D eigenvalue weighted by atomic mass is 19.2. The van der Waals surface area contributed by atoms with Gasteiger partial charge in [0.1, 0.15) is 7.11 Å². The molecule has 4 heteroatoms. The van der Waals surface area contributed by atoms with E-state index in [0.717, 1.165) is 12.3 Å². The number of halogens is 2. The van der Waals surface area contributed by atoms with E-state index >= 15 is 0 Å². The van der Waals surface area contributed by atoms with Crippen LogP contribution in [0.25, 0.3) is 0 Å². The Bertz CT molecular complexity index is 299. The Morgan fingerprint density at radius 3 is 2.83 bits per heavy atom. The smallest absolute Gasteiger partial charge is 0.167 e. The van der Waals surface area contributed by atoms with Crippen LogP contribution >= 0.6 is 0 Å². The van der Waals surface area contributed by atoms with Gasteiger partial charge in [0.05, 0.1) is 6.21 Å². The molecule has 0 aromatic heterocycles. The minimum Gasteiger partial charge on any atom is -0.399 e. The lowest BCUT2D eigenvalue weighted by Crippen LogP contribution is -1.92. The van der Waals surface area contributed by atoms with E-state index in [2.05, 4.69) is 9.99 Å². The fourth-order valence-electron chi connectivity index (χ4n) is 0.730. The lowest BCUT2D eigenvalue weighted by molar-refractivity contribution is 0.215. The van der Waals surface area contributed by atoms with Gasteiger partial charge in [-0.2, -0.15) is 0 Å². The van der Waals surface area contributed by atoms with Gasteiger partial charge in [-0.3, -0.25) is 0 Å². The third kappa shape index (κ3) is 1.78. The molecule has 0 unspecified atom stereocenters. The van der Waals surface area contributed by atoms with E-state index in [-0.39, 0.29) is 5.56 Å². The Morgan fingerprint density at radius 1 is 1.42 bits per heavy atom. The van der Waals surface area contributed by atoms with E-state index < -0.39 is 11.6 Å². The van der Waals surface area contributed by atoms with Crippen molar-refractivity contribution >= 4 is 6.21 Å². The van der Waals surface area contributed by atoms with Crippen molar-refractivity contribution < 1.29 is 13.6 Å². The largest absolute Gasteiger partial charge is 0.399 e. The fourth-order valence-corrected chi connectivity index (χ4v) is 0.730. The fraction of sp³-hybridized carbons (Fsp3) is 0.125. The molecule has 0 atom stereocenters. The van der Waals surface area contributed by atoms with Crippen molar-refractivity contribution in [1.82, 2.24) is 0 Å². The van der Waals surface area contributed by atoms with Crippen LogP contribution in [0, 0.1) is 11.6 Å². The predicted molar refractivity (Wildman–Crippen MR) is 41.0 cm³/mol. The van der Waals surface area contributed by atoms with Crippen molar-refractivity contribution in [3.8, 4) is 0 Å². The zero-order chi connectivity index (χ0) is 8.97. The number of benzene rings is 1. The molecule has 0 aliphatic heterocycles. The first-order chi connectivity index (χ1) is 5.75. The average Bonchev–Trinajstić information content (AvgIpc) is 2.08. The molecule has 0 saturated carbocycles. The van der Waals surface area contributed by atoms with Gasteiger partial charge in [0.2, 0.25) is 0 Å². The summed E-state index contributed by atoms with van der Waals surface area (Å²) < 4.78 is 25.3. The van der Waals surface area contributed by atoms with Gasteiger partial charge >= 0.3 is 0 Å². The SMILES string of the molecule is CON=Cc1cccc(F)c1F. The third-order valence-corrected chi connectivity index (χ3v) is 1.28. The van der Waals surface area contributed by atoms with Crippen LogP contribution in [0.1, 0.15) is 5.56 Å². The highest BCUT2D eigenvalue weighted by molar-refractivity contribution is 5.79. The number of nitrogens with zero attached hydrogens (tertiary/aromatic N) is 1. The first-order valence-electron chi connectivity index (χ1n) is 3.26. The summed E-state index contributed by atoms with van der Waals surface area (Å²) >= 11 is 0. The van der Waals surface area contributed by atoms with E-state index in [4.69, 9.17) is 0 Å². The van der Waals surface area contributed by atoms with Gasteiger partial charge in [0.25, 0.3) is 0 Å². The van der Waals surface area contributed by atoms with Crippen LogP contribution in [-0.4, -0.2) is 13.3 Å². The molecule has 0 amide bonds. The van der Waals surface area contributed by atoms with Gasteiger partial charge in [-0.25, -0.2) is 8.78 Å². The van der Waals surface area contributed by atoms with Crippen LogP contribution in [0.2, 0.25) is 0 Å². The van der Waals surface area contributed by atoms with Crippen LogP contribution < -0.4 is 0 Å². The molecule has 1 rings (SSSR count). The molecule has 64 valence electrons. The molecule has 0 aliphatic rings. The maximum Gasteiger partial charge on any atom is 0.167 e. The topological polar surface area (TPSA) is 21.6 Å². The zero-order valence-electron chi connectivity index (χ0n) is 6.42. The van der Waals surface area contributed by atoms with E-state index in [1.807, 2.05) is 0 Å². The second-order valence-corrected chi connectivity index (χ2v) is 2.06. The summed E-state index contributed by atoms with van der Waals surface area (Å²) in [7, 11) is 1.33. The molecule has 0 N–H and O–H groups in total. The normalized spacial score (nSPS) is 10.6. The van der Waals surface area contributed by atoms with E-state index in [1.54, 1.807) is 0 Å². The molecule has 0 radical (unpaired) electrons. The van der Waals surface area contributed by atoms with Gasteiger partial charge in [-0.1, -0.05) is 17.3 Å². The molecule has 0 spiro atoms. The molecule has 0 fully saturated rings. The lowest BCUT2D eigenvalue weighted by Gasteiger charge is -1.95. The van der Waals surface area contributed by atoms with Crippen molar-refractivity contribution in [2.24, 2.45) is 5.16 Å². The Balaban J connectivity index is 3.00. The Morgan fingerprint density at radius 2 is 2.17 bits per heavy atom. The summed E-state index contributed by atoms with van der Waals surface area (Å²) in [6, 6.07) is 3.84. The van der Waals surface area contributed by atoms with Crippen molar-refractivity contribution in [2.75, 3.05) is 7.11 Å². The molecule has 1 aromatic carbocycles. The minimum absolute atomic E-state index is 0.0665. The second kappa shape index (κ2) is 3.80. The zero-order valence-corrected chi connectivity index (χ0v) is 6.42. The standard InChI is InChI=1S/C8H7F2NO/c1-12-11-5-6-3-2-4-7(9)8(6)10/h2-5H,1H3. The first-order valence-corrected chi connectivity index (χ1v) is 3.26. The molecule has 0 saturated heterocycles. The van der Waals surface area contributed by atoms with Gasteiger partial charge in [-0.15, -0.1) is 0 Å². The number of oxime groups is 1. The van der Waals surface area contributed by atoms with Crippen molar-refractivity contribution in [3.63, 3.8) is 0 Å². The Hall–Kier alpha value is -1.45. The summed E-state index contributed by atoms with van der Waals surface area (Å²) in [5, 5.41) is 3.31. The number of hydrogen-bond acceptors (Lipinski definition) is 2. The summed E-state index contributed by atoms with van der Waals surface area (Å²) in [5.74, 6) is -1.81. The summed E-state index contributed by atoms with van der Waals surface area (Å²) in [6.45, 7) is 0. The maximum atomic E-state index is 12.8. The molecular weight excluding hydrogens is 164 g/mol. The van der Waals surface area contributed by atoms with Crippen molar-refractivity contribution in [2.45, 2.75) is 0 Å². The monoisotopic (exact) mass is 171 g/mol. The molecular formula is C8H7F2NO. The van der Waals surface area contributed by atoms with Gasteiger partial charge in [0.15, 0.2) is 11.6 Å². The van der Waals surface area contributed by atoms with Gasteiger partial charge < -0.3 is 4.84 Å². The highest BCUT2D eigenvalue weighted by Gasteiger charge is 2.04. The Kier molecular flexibility index (Phi) is 2.74. The second-order valence-electron chi connectivity index (χ2n) is 2.06. The Labute approximate surface area is 68.5 Å². The molecule has 0 heterocycles. The van der Waals surface area contributed by atoms with Crippen molar-refractivity contribution in [3.05, 3.63) is 35.4 Å². The summed E-state index contributed by atoms with van der Waals surface area (Å²) in [5.41, 5.74) is 0.0665. The molecule has 0 bridgehead atoms. The van der Waals surface area contributed by atoms with Crippen LogP contribution in [0.15, 0.2) is 23.4 Å². The van der Waals surface area contributed by atoms with Crippen LogP contribution in [0.3, 0.4) is 0 Å². The third-order valence-electron chi connectivity index (χ3n) is 1.28. The van der Waals surface area contributed by atoms with Gasteiger partial charge in [-0.05, 0) is 6.07 Å². The lowest BCUT2D eigenvalue weighted by atomic mass is 10.2. The highest BCUT2D eigenvalue weighted by Crippen LogP contribution is 2.08. The summed E-state index contributed by atoms with van der Waals surface area (Å²) in [4.78, 5) is 4.32. The number of hydrogen-bond donors (Lipinski definition) is 0. The average molecular weight is 171 g/mol. The predicted octanol–water partition coefficient (Wildman–Crippen LogP) is 1.95. The van der Waals surface area contributed by atoms with E-state index in [0.29, 0.717) is 0 Å². The van der Waals surface area contributed by atoms with E-state index in [1.165, 1.54) is 19.2 Å². The first kappa shape index (κ1) is 8.64. The van der Waals surface area contributed by atoms with Crippen LogP contribution in [-0.2, 0) is 4.84 Å². The van der Waals surface area contributed by atoms with Crippen molar-refractivity contribution in [1.29, 1.82) is 0 Å². The van der Waals surface area contributed by atoms with Crippen LogP contribution in [0.5, 0.6) is 0 Å². The molecule has 0 aliphatic carbocycles. The van der Waals surface area contributed by atoms with E-state index in [9.17, 15) is 8.78 Å².